The van der Waals surface area contributed by atoms with Gasteiger partial charge in [0, 0.05) is 12.5 Å². The van der Waals surface area contributed by atoms with Crippen LogP contribution >= 0.6 is 0 Å². The van der Waals surface area contributed by atoms with E-state index in [1.807, 2.05) is 18.2 Å². The van der Waals surface area contributed by atoms with Gasteiger partial charge in [0.05, 0.1) is 17.1 Å². The lowest BCUT2D eigenvalue weighted by Crippen LogP contribution is -2.24. The predicted molar refractivity (Wildman–Crippen MR) is 64.1 cm³/mol. The molecule has 0 spiro atoms. The maximum Gasteiger partial charge on any atom is 0.106 e. The molecule has 2 atom stereocenters. The Balaban J connectivity index is 2.43. The number of fused-ring (bicyclic) bond motifs is 1. The summed E-state index contributed by atoms with van der Waals surface area (Å²) in [5, 5.41) is 9.86. The van der Waals surface area contributed by atoms with E-state index in [4.69, 9.17) is 5.73 Å². The monoisotopic (exact) mass is 219 g/mol. The molecule has 0 saturated heterocycles. The average molecular weight is 219 g/mol. The zero-order valence-corrected chi connectivity index (χ0v) is 9.57. The summed E-state index contributed by atoms with van der Waals surface area (Å²) in [7, 11) is 0. The quantitative estimate of drug-likeness (QED) is 0.732. The van der Waals surface area contributed by atoms with Gasteiger partial charge in [-0.1, -0.05) is 13.0 Å². The van der Waals surface area contributed by atoms with Gasteiger partial charge in [-0.05, 0) is 24.6 Å². The Labute approximate surface area is 94.5 Å². The van der Waals surface area contributed by atoms with Crippen molar-refractivity contribution in [3.63, 3.8) is 0 Å². The molecule has 4 nitrogen and oxygen atoms in total. The standard InChI is InChI=1S/C12H17N3O/c1-3-11-14-9-5-4-8(6-10(9)15-11)12(16)7(2)13/h4-7,12,16H,3,13H2,1-2H3,(H,14,15). The second-order valence-electron chi connectivity index (χ2n) is 4.12. The van der Waals surface area contributed by atoms with Gasteiger partial charge >= 0.3 is 0 Å². The van der Waals surface area contributed by atoms with Crippen LogP contribution in [0.25, 0.3) is 11.0 Å². The van der Waals surface area contributed by atoms with E-state index in [0.717, 1.165) is 28.8 Å². The Morgan fingerprint density at radius 3 is 2.88 bits per heavy atom. The van der Waals surface area contributed by atoms with Crippen LogP contribution in [0.3, 0.4) is 0 Å². The molecule has 0 bridgehead atoms. The van der Waals surface area contributed by atoms with E-state index in [1.165, 1.54) is 0 Å². The minimum Gasteiger partial charge on any atom is -0.387 e. The molecule has 2 unspecified atom stereocenters. The van der Waals surface area contributed by atoms with Crippen LogP contribution in [0.1, 0.15) is 31.3 Å². The molecule has 0 saturated carbocycles. The van der Waals surface area contributed by atoms with Crippen molar-refractivity contribution in [2.75, 3.05) is 0 Å². The number of aromatic amines is 1. The van der Waals surface area contributed by atoms with Gasteiger partial charge in [0.1, 0.15) is 5.82 Å². The summed E-state index contributed by atoms with van der Waals surface area (Å²) in [5.74, 6) is 0.961. The number of hydrogen-bond donors (Lipinski definition) is 3. The summed E-state index contributed by atoms with van der Waals surface area (Å²) in [6.07, 6.45) is 0.248. The van der Waals surface area contributed by atoms with Gasteiger partial charge in [-0.3, -0.25) is 0 Å². The fourth-order valence-electron chi connectivity index (χ4n) is 1.74. The van der Waals surface area contributed by atoms with E-state index in [2.05, 4.69) is 16.9 Å². The van der Waals surface area contributed by atoms with Crippen LogP contribution in [-0.4, -0.2) is 21.1 Å². The molecular weight excluding hydrogens is 202 g/mol. The van der Waals surface area contributed by atoms with E-state index >= 15 is 0 Å². The normalized spacial score (nSPS) is 15.2. The molecule has 86 valence electrons. The van der Waals surface area contributed by atoms with Crippen molar-refractivity contribution < 1.29 is 5.11 Å². The first kappa shape index (κ1) is 11.1. The summed E-state index contributed by atoms with van der Waals surface area (Å²) in [6, 6.07) is 5.42. The van der Waals surface area contributed by atoms with Gasteiger partial charge < -0.3 is 15.8 Å². The number of benzene rings is 1. The van der Waals surface area contributed by atoms with E-state index in [0.29, 0.717) is 0 Å². The Bertz CT molecular complexity index is 490. The van der Waals surface area contributed by atoms with Crippen LogP contribution in [0.4, 0.5) is 0 Å². The fourth-order valence-corrected chi connectivity index (χ4v) is 1.74. The maximum atomic E-state index is 9.86. The van der Waals surface area contributed by atoms with Gasteiger partial charge in [0.2, 0.25) is 0 Å². The Morgan fingerprint density at radius 2 is 2.25 bits per heavy atom. The van der Waals surface area contributed by atoms with Crippen LogP contribution in [0.15, 0.2) is 18.2 Å². The number of hydrogen-bond acceptors (Lipinski definition) is 3. The first-order valence-corrected chi connectivity index (χ1v) is 5.54. The third-order valence-electron chi connectivity index (χ3n) is 2.73. The van der Waals surface area contributed by atoms with Crippen molar-refractivity contribution in [1.29, 1.82) is 0 Å². The number of nitrogens with zero attached hydrogens (tertiary/aromatic N) is 1. The number of nitrogens with two attached hydrogens (primary N) is 1. The second-order valence-corrected chi connectivity index (χ2v) is 4.12. The zero-order chi connectivity index (χ0) is 11.7. The molecule has 0 aliphatic heterocycles. The van der Waals surface area contributed by atoms with Crippen molar-refractivity contribution in [2.45, 2.75) is 32.4 Å². The third kappa shape index (κ3) is 1.94. The highest BCUT2D eigenvalue weighted by molar-refractivity contribution is 5.76. The van der Waals surface area contributed by atoms with Crippen molar-refractivity contribution in [2.24, 2.45) is 5.73 Å². The van der Waals surface area contributed by atoms with Crippen LogP contribution in [0, 0.1) is 0 Å². The molecule has 0 amide bonds. The number of aromatic nitrogens is 2. The Morgan fingerprint density at radius 1 is 1.50 bits per heavy atom. The molecule has 0 aliphatic rings. The summed E-state index contributed by atoms with van der Waals surface area (Å²) < 4.78 is 0. The molecule has 2 rings (SSSR count). The number of nitrogens with one attached hydrogen (secondary N) is 1. The number of H-pyrrole nitrogens is 1. The molecule has 2 aromatic rings. The Hall–Kier alpha value is -1.39. The lowest BCUT2D eigenvalue weighted by atomic mass is 10.0. The largest absolute Gasteiger partial charge is 0.387 e. The lowest BCUT2D eigenvalue weighted by molar-refractivity contribution is 0.153. The highest BCUT2D eigenvalue weighted by Gasteiger charge is 2.13. The summed E-state index contributed by atoms with van der Waals surface area (Å²) in [6.45, 7) is 3.84. The van der Waals surface area contributed by atoms with Crippen molar-refractivity contribution in [3.8, 4) is 0 Å². The number of imidazole rings is 1. The SMILES string of the molecule is CCc1nc2ccc(C(O)C(C)N)cc2[nH]1. The minimum atomic E-state index is -0.627. The molecule has 4 N–H and O–H groups in total. The number of rotatable bonds is 3. The minimum absolute atomic E-state index is 0.272. The van der Waals surface area contributed by atoms with Crippen molar-refractivity contribution in [1.82, 2.24) is 9.97 Å². The molecule has 1 aromatic carbocycles. The maximum absolute atomic E-state index is 9.86. The van der Waals surface area contributed by atoms with E-state index in [-0.39, 0.29) is 6.04 Å². The smallest absolute Gasteiger partial charge is 0.106 e. The number of aliphatic hydroxyl groups excluding tert-OH is 1. The molecule has 0 radical (unpaired) electrons. The van der Waals surface area contributed by atoms with Gasteiger partial charge in [-0.15, -0.1) is 0 Å². The highest BCUT2D eigenvalue weighted by atomic mass is 16.3. The molecular formula is C12H17N3O. The summed E-state index contributed by atoms with van der Waals surface area (Å²) >= 11 is 0. The summed E-state index contributed by atoms with van der Waals surface area (Å²) in [5.41, 5.74) is 8.38. The first-order valence-electron chi connectivity index (χ1n) is 5.54. The van der Waals surface area contributed by atoms with Crippen LogP contribution < -0.4 is 5.73 Å². The molecule has 0 aliphatic carbocycles. The molecule has 1 aromatic heterocycles. The highest BCUT2D eigenvalue weighted by Crippen LogP contribution is 2.20. The van der Waals surface area contributed by atoms with Gasteiger partial charge in [-0.25, -0.2) is 4.98 Å². The van der Waals surface area contributed by atoms with E-state index in [9.17, 15) is 5.11 Å². The first-order chi connectivity index (χ1) is 7.61. The van der Waals surface area contributed by atoms with E-state index < -0.39 is 6.10 Å². The predicted octanol–water partition coefficient (Wildman–Crippen LogP) is 1.51. The topological polar surface area (TPSA) is 74.9 Å². The lowest BCUT2D eigenvalue weighted by Gasteiger charge is -2.14. The van der Waals surface area contributed by atoms with Gasteiger partial charge in [0.25, 0.3) is 0 Å². The number of aliphatic hydroxyl groups is 1. The Kier molecular flexibility index (Phi) is 2.94. The van der Waals surface area contributed by atoms with Crippen LogP contribution in [-0.2, 0) is 6.42 Å². The van der Waals surface area contributed by atoms with Gasteiger partial charge in [-0.2, -0.15) is 0 Å². The third-order valence-corrected chi connectivity index (χ3v) is 2.73. The van der Waals surface area contributed by atoms with Crippen LogP contribution in [0.2, 0.25) is 0 Å². The van der Waals surface area contributed by atoms with Crippen molar-refractivity contribution in [3.05, 3.63) is 29.6 Å². The second kappa shape index (κ2) is 4.23. The molecule has 4 heteroatoms. The zero-order valence-electron chi connectivity index (χ0n) is 9.57. The summed E-state index contributed by atoms with van der Waals surface area (Å²) in [4.78, 5) is 7.62. The fraction of sp³-hybridized carbons (Fsp3) is 0.417. The van der Waals surface area contributed by atoms with Crippen molar-refractivity contribution >= 4 is 11.0 Å². The molecule has 16 heavy (non-hydrogen) atoms. The average Bonchev–Trinajstić information content (AvgIpc) is 2.69. The van der Waals surface area contributed by atoms with Crippen LogP contribution in [0.5, 0.6) is 0 Å². The molecule has 1 heterocycles. The molecule has 0 fully saturated rings. The van der Waals surface area contributed by atoms with Gasteiger partial charge in [0.15, 0.2) is 0 Å². The number of aryl methyl sites for hydroxylation is 1. The van der Waals surface area contributed by atoms with E-state index in [1.54, 1.807) is 6.92 Å².